The lowest BCUT2D eigenvalue weighted by Gasteiger charge is -2.09. The van der Waals surface area contributed by atoms with E-state index < -0.39 is 0 Å². The molecule has 2 rings (SSSR count). The van der Waals surface area contributed by atoms with Gasteiger partial charge in [0.15, 0.2) is 0 Å². The number of fused-ring (bicyclic) bond motifs is 1. The van der Waals surface area contributed by atoms with Crippen molar-refractivity contribution in [3.63, 3.8) is 0 Å². The van der Waals surface area contributed by atoms with Crippen LogP contribution in [0.1, 0.15) is 19.5 Å². The van der Waals surface area contributed by atoms with Crippen LogP contribution in [0.2, 0.25) is 15.1 Å². The lowest BCUT2D eigenvalue weighted by molar-refractivity contribution is 0.637. The second-order valence-electron chi connectivity index (χ2n) is 4.48. The van der Waals surface area contributed by atoms with Gasteiger partial charge in [0, 0.05) is 16.1 Å². The molecule has 1 aromatic heterocycles. The zero-order valence-electron chi connectivity index (χ0n) is 9.60. The smallest absolute Gasteiger partial charge is 0.0750 e. The number of aromatic nitrogens is 1. The Kier molecular flexibility index (Phi) is 3.82. The molecular formula is C13H12Cl3N. The fraction of sp³-hybridized carbons (Fsp3) is 0.308. The van der Waals surface area contributed by atoms with E-state index in [0.29, 0.717) is 21.0 Å². The Morgan fingerprint density at radius 2 is 1.71 bits per heavy atom. The Morgan fingerprint density at radius 1 is 1.06 bits per heavy atom. The standard InChI is InChI=1S/C13H12Cl3N/c1-7(2)3-9-6-11(16)13-10(15)4-8(14)5-12(13)17-9/h4-7H,3H2,1-2H3. The van der Waals surface area contributed by atoms with Crippen molar-refractivity contribution in [1.29, 1.82) is 0 Å². The second-order valence-corrected chi connectivity index (χ2v) is 5.73. The van der Waals surface area contributed by atoms with Gasteiger partial charge in [-0.2, -0.15) is 0 Å². The van der Waals surface area contributed by atoms with Crippen LogP contribution in [0.4, 0.5) is 0 Å². The van der Waals surface area contributed by atoms with Crippen LogP contribution in [0.5, 0.6) is 0 Å². The Hall–Kier alpha value is -0.500. The first kappa shape index (κ1) is 12.9. The van der Waals surface area contributed by atoms with Crippen LogP contribution in [0, 0.1) is 5.92 Å². The van der Waals surface area contributed by atoms with Crippen molar-refractivity contribution >= 4 is 45.7 Å². The van der Waals surface area contributed by atoms with Gasteiger partial charge in [-0.3, -0.25) is 4.98 Å². The SMILES string of the molecule is CC(C)Cc1cc(Cl)c2c(Cl)cc(Cl)cc2n1. The molecule has 0 aliphatic carbocycles. The van der Waals surface area contributed by atoms with E-state index in [2.05, 4.69) is 18.8 Å². The maximum absolute atomic E-state index is 6.24. The van der Waals surface area contributed by atoms with Crippen molar-refractivity contribution in [2.75, 3.05) is 0 Å². The summed E-state index contributed by atoms with van der Waals surface area (Å²) >= 11 is 18.3. The minimum Gasteiger partial charge on any atom is -0.253 e. The Balaban J connectivity index is 2.64. The Morgan fingerprint density at radius 3 is 2.35 bits per heavy atom. The van der Waals surface area contributed by atoms with E-state index in [9.17, 15) is 0 Å². The van der Waals surface area contributed by atoms with Gasteiger partial charge >= 0.3 is 0 Å². The first-order valence-corrected chi connectivity index (χ1v) is 6.55. The molecule has 0 saturated carbocycles. The molecule has 0 N–H and O–H groups in total. The van der Waals surface area contributed by atoms with Crippen molar-refractivity contribution in [3.8, 4) is 0 Å². The summed E-state index contributed by atoms with van der Waals surface area (Å²) in [7, 11) is 0. The highest BCUT2D eigenvalue weighted by Crippen LogP contribution is 2.33. The topological polar surface area (TPSA) is 12.9 Å². The van der Waals surface area contributed by atoms with Crippen molar-refractivity contribution in [2.24, 2.45) is 5.92 Å². The number of benzene rings is 1. The summed E-state index contributed by atoms with van der Waals surface area (Å²) in [6.45, 7) is 4.29. The van der Waals surface area contributed by atoms with Crippen LogP contribution in [0.15, 0.2) is 18.2 Å². The molecule has 0 aliphatic heterocycles. The highest BCUT2D eigenvalue weighted by molar-refractivity contribution is 6.43. The zero-order valence-corrected chi connectivity index (χ0v) is 11.9. The Bertz CT molecular complexity index is 564. The molecule has 0 bridgehead atoms. The minimum atomic E-state index is 0.533. The molecule has 2 aromatic rings. The Labute approximate surface area is 116 Å². The van der Waals surface area contributed by atoms with Gasteiger partial charge in [-0.05, 0) is 30.5 Å². The van der Waals surface area contributed by atoms with Gasteiger partial charge in [-0.25, -0.2) is 0 Å². The number of pyridine rings is 1. The molecule has 0 atom stereocenters. The third-order valence-corrected chi connectivity index (χ3v) is 3.26. The van der Waals surface area contributed by atoms with Crippen LogP contribution < -0.4 is 0 Å². The van der Waals surface area contributed by atoms with Gasteiger partial charge in [-0.15, -0.1) is 0 Å². The summed E-state index contributed by atoms with van der Waals surface area (Å²) in [5.74, 6) is 0.533. The van der Waals surface area contributed by atoms with E-state index >= 15 is 0 Å². The molecule has 0 saturated heterocycles. The number of hydrogen-bond donors (Lipinski definition) is 0. The van der Waals surface area contributed by atoms with Crippen LogP contribution in [-0.2, 0) is 6.42 Å². The molecule has 90 valence electrons. The van der Waals surface area contributed by atoms with Gasteiger partial charge < -0.3 is 0 Å². The van der Waals surface area contributed by atoms with E-state index in [1.165, 1.54) is 0 Å². The van der Waals surface area contributed by atoms with Gasteiger partial charge in [-0.1, -0.05) is 48.7 Å². The number of halogens is 3. The summed E-state index contributed by atoms with van der Waals surface area (Å²) in [6.07, 6.45) is 0.889. The van der Waals surface area contributed by atoms with E-state index in [4.69, 9.17) is 34.8 Å². The van der Waals surface area contributed by atoms with Gasteiger partial charge in [0.25, 0.3) is 0 Å². The molecule has 0 radical (unpaired) electrons. The summed E-state index contributed by atoms with van der Waals surface area (Å²) in [5.41, 5.74) is 1.72. The molecule has 0 spiro atoms. The average Bonchev–Trinajstić information content (AvgIpc) is 2.13. The largest absolute Gasteiger partial charge is 0.253 e. The van der Waals surface area contributed by atoms with Crippen LogP contribution in [0.25, 0.3) is 10.9 Å². The monoisotopic (exact) mass is 287 g/mol. The van der Waals surface area contributed by atoms with Crippen molar-refractivity contribution in [1.82, 2.24) is 4.98 Å². The fourth-order valence-electron chi connectivity index (χ4n) is 1.81. The van der Waals surface area contributed by atoms with Crippen LogP contribution in [0.3, 0.4) is 0 Å². The molecule has 0 aliphatic rings. The molecule has 1 aromatic carbocycles. The first-order chi connectivity index (χ1) is 7.97. The maximum Gasteiger partial charge on any atom is 0.0750 e. The first-order valence-electron chi connectivity index (χ1n) is 5.41. The molecule has 0 amide bonds. The molecule has 17 heavy (non-hydrogen) atoms. The predicted molar refractivity (Wildman–Crippen MR) is 75.3 cm³/mol. The summed E-state index contributed by atoms with van der Waals surface area (Å²) in [6, 6.07) is 5.35. The molecular weight excluding hydrogens is 277 g/mol. The van der Waals surface area contributed by atoms with Gasteiger partial charge in [0.2, 0.25) is 0 Å². The fourth-order valence-corrected chi connectivity index (χ4v) is 2.77. The van der Waals surface area contributed by atoms with Gasteiger partial charge in [0.05, 0.1) is 15.6 Å². The minimum absolute atomic E-state index is 0.533. The predicted octanol–water partition coefficient (Wildman–Crippen LogP) is 5.39. The normalized spacial score (nSPS) is 11.4. The van der Waals surface area contributed by atoms with E-state index in [-0.39, 0.29) is 0 Å². The zero-order chi connectivity index (χ0) is 12.6. The van der Waals surface area contributed by atoms with Crippen LogP contribution in [-0.4, -0.2) is 4.98 Å². The second kappa shape index (κ2) is 5.01. The number of nitrogens with zero attached hydrogens (tertiary/aromatic N) is 1. The molecule has 1 heterocycles. The summed E-state index contributed by atoms with van der Waals surface area (Å²) in [4.78, 5) is 4.54. The highest BCUT2D eigenvalue weighted by Gasteiger charge is 2.10. The van der Waals surface area contributed by atoms with E-state index in [1.54, 1.807) is 12.1 Å². The van der Waals surface area contributed by atoms with E-state index in [1.807, 2.05) is 6.07 Å². The third kappa shape index (κ3) is 2.85. The van der Waals surface area contributed by atoms with Crippen molar-refractivity contribution < 1.29 is 0 Å². The van der Waals surface area contributed by atoms with E-state index in [0.717, 1.165) is 23.0 Å². The average molecular weight is 289 g/mol. The summed E-state index contributed by atoms with van der Waals surface area (Å²) < 4.78 is 0. The number of hydrogen-bond acceptors (Lipinski definition) is 1. The molecule has 4 heteroatoms. The molecule has 0 unspecified atom stereocenters. The van der Waals surface area contributed by atoms with Crippen molar-refractivity contribution in [3.05, 3.63) is 39.0 Å². The molecule has 0 fully saturated rings. The lowest BCUT2D eigenvalue weighted by atomic mass is 10.1. The molecule has 1 nitrogen and oxygen atoms in total. The number of rotatable bonds is 2. The highest BCUT2D eigenvalue weighted by atomic mass is 35.5. The maximum atomic E-state index is 6.24. The van der Waals surface area contributed by atoms with Gasteiger partial charge in [0.1, 0.15) is 0 Å². The van der Waals surface area contributed by atoms with Crippen LogP contribution >= 0.6 is 34.8 Å². The lowest BCUT2D eigenvalue weighted by Crippen LogP contribution is -1.98. The van der Waals surface area contributed by atoms with Crippen molar-refractivity contribution in [2.45, 2.75) is 20.3 Å². The quantitative estimate of drug-likeness (QED) is 0.721. The third-order valence-electron chi connectivity index (χ3n) is 2.45. The summed E-state index contributed by atoms with van der Waals surface area (Å²) in [5, 5.41) is 2.52.